The minimum atomic E-state index is -1.46. The summed E-state index contributed by atoms with van der Waals surface area (Å²) in [6.45, 7) is 51.4. The Morgan fingerprint density at radius 2 is 0.500 bits per heavy atom. The maximum absolute atomic E-state index is 5.36. The van der Waals surface area contributed by atoms with Crippen molar-refractivity contribution >= 4 is 79.0 Å². The monoisotopic (exact) mass is 750 g/mol. The maximum Gasteiger partial charge on any atom is 2.00 e. The van der Waals surface area contributed by atoms with Gasteiger partial charge in [0, 0.05) is 26.4 Å². The molecule has 12 heteroatoms. The second-order valence-corrected chi connectivity index (χ2v) is 38.4. The number of rotatable bonds is 4. The Morgan fingerprint density at radius 1 is 0.364 bits per heavy atom. The number of hydrogen-bond acceptors (Lipinski definition) is 2. The normalized spacial score (nSPS) is 16.1. The van der Waals surface area contributed by atoms with Gasteiger partial charge in [-0.05, 0) is 25.7 Å². The van der Waals surface area contributed by atoms with Crippen LogP contribution in [-0.2, 0) is 9.47 Å². The first-order valence-corrected chi connectivity index (χ1v) is 27.8. The van der Waals surface area contributed by atoms with E-state index in [-0.39, 0.29) is 70.9 Å². The second kappa shape index (κ2) is 23.3. The molecule has 0 bridgehead atoms. The molecule has 0 N–H and O–H groups in total. The largest absolute Gasteiger partial charge is 2.00 e. The zero-order valence-corrected chi connectivity index (χ0v) is 41.9. The van der Waals surface area contributed by atoms with Gasteiger partial charge in [0.25, 0.3) is 0 Å². The number of halogens is 2. The summed E-state index contributed by atoms with van der Waals surface area (Å²) in [6.07, 6.45) is 5.11. The molecule has 2 fully saturated rings. The first-order valence-electron chi connectivity index (χ1n) is 16.0. The van der Waals surface area contributed by atoms with Crippen LogP contribution >= 0.6 is 0 Å². The van der Waals surface area contributed by atoms with E-state index in [2.05, 4.69) is 135 Å². The standard InChI is InChI=1S/2C12H30NSi2.2C4H8O.2ClH.2Mg/c2*1-11(2,3)14(7,8)13-15(9,10)12(4,5)6;2*1-2-4-5-3-1;;;;/h2*1-10H3;2*1-4H2;2*1H;;/q2*-1;;;;;2*+2/p-2. The number of hydrogen-bond donors (Lipinski definition) is 0. The molecule has 0 aliphatic carbocycles. The Kier molecular flexibility index (Phi) is 31.3. The third-order valence-corrected chi connectivity index (χ3v) is 33.7. The minimum absolute atomic E-state index is 0. The summed E-state index contributed by atoms with van der Waals surface area (Å²) in [4.78, 5) is 0. The van der Waals surface area contributed by atoms with Gasteiger partial charge in [0.15, 0.2) is 0 Å². The Morgan fingerprint density at radius 3 is 0.568 bits per heavy atom. The van der Waals surface area contributed by atoms with Crippen molar-refractivity contribution in [3.8, 4) is 0 Å². The summed E-state index contributed by atoms with van der Waals surface area (Å²) in [5, 5.41) is 1.51. The molecule has 0 amide bonds. The van der Waals surface area contributed by atoms with Crippen LogP contribution in [0.1, 0.15) is 109 Å². The van der Waals surface area contributed by atoms with Crippen LogP contribution in [0.25, 0.3) is 9.30 Å². The fourth-order valence-corrected chi connectivity index (χ4v) is 19.6. The Labute approximate surface area is 327 Å². The predicted molar refractivity (Wildman–Crippen MR) is 207 cm³/mol. The topological polar surface area (TPSA) is 46.7 Å². The molecule has 0 aromatic carbocycles. The van der Waals surface area contributed by atoms with Crippen LogP contribution in [0, 0.1) is 0 Å². The summed E-state index contributed by atoms with van der Waals surface area (Å²) in [5.41, 5.74) is 0. The van der Waals surface area contributed by atoms with Crippen molar-refractivity contribution in [1.82, 2.24) is 0 Å². The van der Waals surface area contributed by atoms with E-state index in [0.29, 0.717) is 20.2 Å². The van der Waals surface area contributed by atoms with Crippen molar-refractivity contribution in [1.29, 1.82) is 0 Å². The quantitative estimate of drug-likeness (QED) is 0.353. The molecule has 0 radical (unpaired) electrons. The molecule has 2 aliphatic heterocycles. The molecular weight excluding hydrogens is 676 g/mol. The van der Waals surface area contributed by atoms with Crippen LogP contribution in [-0.4, -0.2) is 105 Å². The molecule has 0 aromatic rings. The van der Waals surface area contributed by atoms with Gasteiger partial charge in [-0.1, -0.05) is 189 Å². The van der Waals surface area contributed by atoms with E-state index >= 15 is 0 Å². The van der Waals surface area contributed by atoms with Crippen molar-refractivity contribution in [2.24, 2.45) is 0 Å². The summed E-state index contributed by atoms with van der Waals surface area (Å²) in [6, 6.07) is 0. The SMILES string of the molecule is C1CCOC1.C1CCOC1.CC(C)(C)[Si](C)(C)[N-][Si](C)(C)C(C)(C)C.CC(C)(C)[Si](C)(C)[N-][Si](C)(C)C(C)(C)C.[Cl-].[Cl-].[Mg+2].[Mg+2]. The summed E-state index contributed by atoms with van der Waals surface area (Å²) >= 11 is 0. The van der Waals surface area contributed by atoms with Gasteiger partial charge < -0.3 is 43.6 Å². The Bertz CT molecular complexity index is 588. The second-order valence-electron chi connectivity index (χ2n) is 18.1. The molecule has 2 saturated heterocycles. The zero-order valence-electron chi connectivity index (χ0n) is 33.5. The van der Waals surface area contributed by atoms with E-state index in [1.807, 2.05) is 0 Å². The van der Waals surface area contributed by atoms with Crippen LogP contribution in [0.4, 0.5) is 0 Å². The number of nitrogens with zero attached hydrogens (tertiary/aromatic N) is 2. The third-order valence-electron chi connectivity index (χ3n) is 10.1. The van der Waals surface area contributed by atoms with Crippen molar-refractivity contribution < 1.29 is 34.3 Å². The summed E-state index contributed by atoms with van der Waals surface area (Å²) < 4.78 is 20.6. The smallest absolute Gasteiger partial charge is 1.00 e. The average Bonchev–Trinajstić information content (AvgIpc) is 3.43. The first kappa shape index (κ1) is 59.0. The Hall–Kier alpha value is 2.82. The van der Waals surface area contributed by atoms with Gasteiger partial charge in [-0.2, -0.15) is 0 Å². The molecule has 0 aromatic heterocycles. The van der Waals surface area contributed by atoms with Crippen molar-refractivity contribution in [2.75, 3.05) is 26.4 Å². The van der Waals surface area contributed by atoms with Crippen molar-refractivity contribution in [2.45, 2.75) is 181 Å². The van der Waals surface area contributed by atoms with Gasteiger partial charge in [-0.3, -0.25) is 0 Å². The van der Waals surface area contributed by atoms with Crippen molar-refractivity contribution in [3.63, 3.8) is 0 Å². The van der Waals surface area contributed by atoms with Crippen LogP contribution in [0.3, 0.4) is 0 Å². The zero-order chi connectivity index (χ0) is 32.5. The van der Waals surface area contributed by atoms with Gasteiger partial charge in [-0.25, -0.2) is 0 Å². The van der Waals surface area contributed by atoms with E-state index in [9.17, 15) is 0 Å². The van der Waals surface area contributed by atoms with Crippen LogP contribution in [0.5, 0.6) is 0 Å². The third kappa shape index (κ3) is 23.3. The fraction of sp³-hybridized carbons (Fsp3) is 1.00. The van der Waals surface area contributed by atoms with Crippen LogP contribution in [0.15, 0.2) is 0 Å². The summed E-state index contributed by atoms with van der Waals surface area (Å²) in [7, 11) is -5.85. The molecular formula is C32H76Cl2Mg2N2O2Si4. The molecule has 0 atom stereocenters. The van der Waals surface area contributed by atoms with Gasteiger partial charge in [0.2, 0.25) is 0 Å². The molecule has 4 nitrogen and oxygen atoms in total. The molecule has 0 unspecified atom stereocenters. The van der Waals surface area contributed by atoms with E-state index < -0.39 is 32.9 Å². The fourth-order valence-electron chi connectivity index (χ4n) is 3.09. The molecule has 0 saturated carbocycles. The molecule has 0 spiro atoms. The van der Waals surface area contributed by atoms with E-state index in [1.165, 1.54) is 25.7 Å². The molecule has 44 heavy (non-hydrogen) atoms. The van der Waals surface area contributed by atoms with Gasteiger partial charge >= 0.3 is 46.1 Å². The molecule has 2 heterocycles. The molecule has 2 aliphatic rings. The van der Waals surface area contributed by atoms with Gasteiger partial charge in [0.05, 0.1) is 0 Å². The van der Waals surface area contributed by atoms with Gasteiger partial charge in [0.1, 0.15) is 0 Å². The van der Waals surface area contributed by atoms with E-state index in [1.54, 1.807) is 0 Å². The Balaban J connectivity index is -0.000000116. The average molecular weight is 753 g/mol. The minimum Gasteiger partial charge on any atom is -1.00 e. The van der Waals surface area contributed by atoms with E-state index in [0.717, 1.165) is 26.4 Å². The predicted octanol–water partition coefficient (Wildman–Crippen LogP) is 5.58. The van der Waals surface area contributed by atoms with Crippen molar-refractivity contribution in [3.05, 3.63) is 9.30 Å². The van der Waals surface area contributed by atoms with E-state index in [4.69, 9.17) is 18.8 Å². The first-order chi connectivity index (χ1) is 17.4. The maximum atomic E-state index is 5.36. The van der Waals surface area contributed by atoms with Gasteiger partial charge in [-0.15, -0.1) is 0 Å². The molecule has 2 rings (SSSR count). The number of ether oxygens (including phenoxy) is 2. The van der Waals surface area contributed by atoms with Crippen LogP contribution < -0.4 is 24.8 Å². The molecule has 260 valence electrons. The van der Waals surface area contributed by atoms with Crippen LogP contribution in [0.2, 0.25) is 72.5 Å². The summed E-state index contributed by atoms with van der Waals surface area (Å²) in [5.74, 6) is 0.